The zero-order valence-electron chi connectivity index (χ0n) is 19.4. The van der Waals surface area contributed by atoms with Gasteiger partial charge in [-0.05, 0) is 45.1 Å². The maximum absolute atomic E-state index is 11.1. The SMILES string of the molecule is CCCCCCCC/C=C\CCCCCCCCCCN[C@@H](CCC(=O)O)C(=O)O. The molecule has 0 saturated heterocycles. The van der Waals surface area contributed by atoms with Crippen molar-refractivity contribution in [2.75, 3.05) is 6.54 Å². The van der Waals surface area contributed by atoms with E-state index in [0.29, 0.717) is 6.54 Å². The van der Waals surface area contributed by atoms with Gasteiger partial charge in [0.2, 0.25) is 0 Å². The fraction of sp³-hybridized carbons (Fsp3) is 0.840. The Labute approximate surface area is 184 Å². The second kappa shape index (κ2) is 22.3. The van der Waals surface area contributed by atoms with Crippen LogP contribution in [0.4, 0.5) is 0 Å². The Morgan fingerprint density at radius 1 is 0.733 bits per heavy atom. The van der Waals surface area contributed by atoms with E-state index in [1.165, 1.54) is 89.9 Å². The van der Waals surface area contributed by atoms with Crippen LogP contribution >= 0.6 is 0 Å². The molecule has 0 saturated carbocycles. The molecular formula is C25H47NO4. The van der Waals surface area contributed by atoms with Gasteiger partial charge >= 0.3 is 11.9 Å². The van der Waals surface area contributed by atoms with E-state index in [0.717, 1.165) is 12.8 Å². The number of nitrogens with one attached hydrogen (secondary N) is 1. The molecule has 30 heavy (non-hydrogen) atoms. The molecule has 0 spiro atoms. The van der Waals surface area contributed by atoms with Crippen molar-refractivity contribution in [1.82, 2.24) is 5.32 Å². The Bertz CT molecular complexity index is 437. The minimum atomic E-state index is -0.964. The van der Waals surface area contributed by atoms with Crippen LogP contribution in [0.5, 0.6) is 0 Å². The molecule has 0 bridgehead atoms. The highest BCUT2D eigenvalue weighted by atomic mass is 16.4. The Morgan fingerprint density at radius 3 is 1.67 bits per heavy atom. The summed E-state index contributed by atoms with van der Waals surface area (Å²) in [6, 6.07) is -0.749. The second-order valence-electron chi connectivity index (χ2n) is 8.42. The second-order valence-corrected chi connectivity index (χ2v) is 8.42. The fourth-order valence-electron chi connectivity index (χ4n) is 3.58. The van der Waals surface area contributed by atoms with E-state index in [2.05, 4.69) is 24.4 Å². The summed E-state index contributed by atoms with van der Waals surface area (Å²) in [4.78, 5) is 21.6. The molecule has 176 valence electrons. The Kier molecular flexibility index (Phi) is 21.3. The summed E-state index contributed by atoms with van der Waals surface area (Å²) in [7, 11) is 0. The lowest BCUT2D eigenvalue weighted by Crippen LogP contribution is -2.37. The molecule has 3 N–H and O–H groups in total. The van der Waals surface area contributed by atoms with Crippen LogP contribution < -0.4 is 5.32 Å². The molecule has 0 aliphatic carbocycles. The van der Waals surface area contributed by atoms with E-state index < -0.39 is 18.0 Å². The lowest BCUT2D eigenvalue weighted by Gasteiger charge is -2.13. The molecule has 0 unspecified atom stereocenters. The van der Waals surface area contributed by atoms with Gasteiger partial charge in [-0.25, -0.2) is 0 Å². The van der Waals surface area contributed by atoms with E-state index in [1.807, 2.05) is 0 Å². The summed E-state index contributed by atoms with van der Waals surface area (Å²) < 4.78 is 0. The van der Waals surface area contributed by atoms with Crippen LogP contribution in [-0.2, 0) is 9.59 Å². The standard InChI is InChI=1S/C25H47NO4/c1-2-3-4-5-6-7-8-9-10-11-12-13-14-15-16-17-18-19-22-26-23(25(29)30)20-21-24(27)28/h9-10,23,26H,2-8,11-22H2,1H3,(H,27,28)(H,29,30)/b10-9-/t23-/m0/s1. The van der Waals surface area contributed by atoms with Gasteiger partial charge in [-0.2, -0.15) is 0 Å². The molecule has 0 aliphatic heterocycles. The predicted molar refractivity (Wildman–Crippen MR) is 125 cm³/mol. The molecule has 0 amide bonds. The van der Waals surface area contributed by atoms with Crippen molar-refractivity contribution in [2.45, 2.75) is 129 Å². The third-order valence-electron chi connectivity index (χ3n) is 5.52. The van der Waals surface area contributed by atoms with Crippen molar-refractivity contribution in [2.24, 2.45) is 0 Å². The van der Waals surface area contributed by atoms with E-state index >= 15 is 0 Å². The number of carboxylic acids is 2. The van der Waals surface area contributed by atoms with Crippen molar-refractivity contribution >= 4 is 11.9 Å². The molecule has 5 heteroatoms. The van der Waals surface area contributed by atoms with Gasteiger partial charge in [-0.1, -0.05) is 89.7 Å². The van der Waals surface area contributed by atoms with Crippen molar-refractivity contribution in [3.63, 3.8) is 0 Å². The fourth-order valence-corrected chi connectivity index (χ4v) is 3.58. The first-order valence-electron chi connectivity index (χ1n) is 12.4. The number of rotatable bonds is 23. The highest BCUT2D eigenvalue weighted by molar-refractivity contribution is 5.75. The summed E-state index contributed by atoms with van der Waals surface area (Å²) >= 11 is 0. The van der Waals surface area contributed by atoms with E-state index in [1.54, 1.807) is 0 Å². The van der Waals surface area contributed by atoms with Gasteiger partial charge in [-0.15, -0.1) is 0 Å². The van der Waals surface area contributed by atoms with Gasteiger partial charge in [0.25, 0.3) is 0 Å². The van der Waals surface area contributed by atoms with Crippen molar-refractivity contribution in [3.05, 3.63) is 12.2 Å². The Hall–Kier alpha value is -1.36. The molecule has 0 fully saturated rings. The molecule has 1 atom stereocenters. The van der Waals surface area contributed by atoms with Crippen LogP contribution in [0.15, 0.2) is 12.2 Å². The Balaban J connectivity index is 3.33. The highest BCUT2D eigenvalue weighted by Gasteiger charge is 2.17. The van der Waals surface area contributed by atoms with Crippen LogP contribution in [0.2, 0.25) is 0 Å². The van der Waals surface area contributed by atoms with Gasteiger partial charge in [0.1, 0.15) is 6.04 Å². The molecule has 0 heterocycles. The minimum Gasteiger partial charge on any atom is -0.481 e. The maximum atomic E-state index is 11.1. The monoisotopic (exact) mass is 425 g/mol. The number of hydrogen-bond acceptors (Lipinski definition) is 3. The summed E-state index contributed by atoms with van der Waals surface area (Å²) in [6.45, 7) is 2.90. The number of carbonyl (C=O) groups is 2. The quantitative estimate of drug-likeness (QED) is 0.125. The van der Waals surface area contributed by atoms with Crippen LogP contribution in [0, 0.1) is 0 Å². The smallest absolute Gasteiger partial charge is 0.320 e. The zero-order chi connectivity index (χ0) is 22.3. The normalized spacial score (nSPS) is 12.4. The third-order valence-corrected chi connectivity index (χ3v) is 5.52. The summed E-state index contributed by atoms with van der Waals surface area (Å²) in [6.07, 6.45) is 25.1. The number of allylic oxidation sites excluding steroid dienone is 2. The van der Waals surface area contributed by atoms with Crippen LogP contribution in [0.1, 0.15) is 122 Å². The average Bonchev–Trinajstić information content (AvgIpc) is 2.71. The van der Waals surface area contributed by atoms with Crippen molar-refractivity contribution in [3.8, 4) is 0 Å². The number of aliphatic carboxylic acids is 2. The zero-order valence-corrected chi connectivity index (χ0v) is 19.4. The minimum absolute atomic E-state index is 0.112. The number of carboxylic acid groups (broad SMARTS) is 2. The van der Waals surface area contributed by atoms with E-state index in [-0.39, 0.29) is 12.8 Å². The summed E-state index contributed by atoms with van der Waals surface area (Å²) in [5, 5.41) is 20.7. The van der Waals surface area contributed by atoms with Crippen LogP contribution in [0.25, 0.3) is 0 Å². The molecule has 0 rings (SSSR count). The predicted octanol–water partition coefficient (Wildman–Crippen LogP) is 6.71. The molecule has 0 aromatic heterocycles. The first-order valence-corrected chi connectivity index (χ1v) is 12.4. The molecular weight excluding hydrogens is 378 g/mol. The maximum Gasteiger partial charge on any atom is 0.320 e. The van der Waals surface area contributed by atoms with Gasteiger partial charge in [-0.3, -0.25) is 9.59 Å². The largest absolute Gasteiger partial charge is 0.481 e. The molecule has 0 aromatic rings. The van der Waals surface area contributed by atoms with Gasteiger partial charge < -0.3 is 15.5 Å². The highest BCUT2D eigenvalue weighted by Crippen LogP contribution is 2.11. The molecule has 0 aliphatic rings. The van der Waals surface area contributed by atoms with Gasteiger partial charge in [0.15, 0.2) is 0 Å². The van der Waals surface area contributed by atoms with Crippen molar-refractivity contribution < 1.29 is 19.8 Å². The summed E-state index contributed by atoms with van der Waals surface area (Å²) in [5.74, 6) is -1.92. The lowest BCUT2D eigenvalue weighted by atomic mass is 10.1. The molecule has 0 radical (unpaired) electrons. The first-order chi connectivity index (χ1) is 14.6. The van der Waals surface area contributed by atoms with Gasteiger partial charge in [0.05, 0.1) is 0 Å². The van der Waals surface area contributed by atoms with E-state index in [9.17, 15) is 9.59 Å². The summed E-state index contributed by atoms with van der Waals surface area (Å²) in [5.41, 5.74) is 0. The van der Waals surface area contributed by atoms with E-state index in [4.69, 9.17) is 10.2 Å². The molecule has 5 nitrogen and oxygen atoms in total. The third kappa shape index (κ3) is 21.4. The average molecular weight is 426 g/mol. The Morgan fingerprint density at radius 2 is 1.20 bits per heavy atom. The first kappa shape index (κ1) is 28.6. The number of unbranched alkanes of at least 4 members (excludes halogenated alkanes) is 14. The van der Waals surface area contributed by atoms with Gasteiger partial charge in [0, 0.05) is 6.42 Å². The molecule has 0 aromatic carbocycles. The topological polar surface area (TPSA) is 86.6 Å². The van der Waals surface area contributed by atoms with Crippen LogP contribution in [0.3, 0.4) is 0 Å². The lowest BCUT2D eigenvalue weighted by molar-refractivity contribution is -0.140. The number of hydrogen-bond donors (Lipinski definition) is 3. The van der Waals surface area contributed by atoms with Crippen molar-refractivity contribution in [1.29, 1.82) is 0 Å². The van der Waals surface area contributed by atoms with Crippen LogP contribution in [-0.4, -0.2) is 34.7 Å².